The lowest BCUT2D eigenvalue weighted by Gasteiger charge is -2.09. The first-order chi connectivity index (χ1) is 10.0. The minimum Gasteiger partial charge on any atom is -0.382 e. The number of hydrogen-bond donors (Lipinski definition) is 2. The SMILES string of the molecule is COCCOCc1cc(C(=O)NCCC(C)N)ccc1F. The van der Waals surface area contributed by atoms with Crippen molar-refractivity contribution in [3.63, 3.8) is 0 Å². The van der Waals surface area contributed by atoms with Gasteiger partial charge >= 0.3 is 0 Å². The standard InChI is InChI=1S/C15H23FN2O3/c1-11(17)5-6-18-15(19)12-3-4-14(16)13(9-12)10-21-8-7-20-2/h3-4,9,11H,5-8,10,17H2,1-2H3,(H,18,19). The van der Waals surface area contributed by atoms with Gasteiger partial charge in [0.05, 0.1) is 19.8 Å². The normalized spacial score (nSPS) is 12.2. The summed E-state index contributed by atoms with van der Waals surface area (Å²) in [4.78, 5) is 11.9. The molecule has 1 aromatic rings. The summed E-state index contributed by atoms with van der Waals surface area (Å²) >= 11 is 0. The summed E-state index contributed by atoms with van der Waals surface area (Å²) in [7, 11) is 1.57. The molecule has 118 valence electrons. The second kappa shape index (κ2) is 9.44. The van der Waals surface area contributed by atoms with Gasteiger partial charge in [-0.15, -0.1) is 0 Å². The molecule has 21 heavy (non-hydrogen) atoms. The predicted molar refractivity (Wildman–Crippen MR) is 78.5 cm³/mol. The van der Waals surface area contributed by atoms with Crippen LogP contribution in [0.3, 0.4) is 0 Å². The Bertz CT molecular complexity index is 453. The smallest absolute Gasteiger partial charge is 0.251 e. The molecule has 1 amide bonds. The maximum absolute atomic E-state index is 13.6. The van der Waals surface area contributed by atoms with E-state index < -0.39 is 0 Å². The van der Waals surface area contributed by atoms with Gasteiger partial charge in [0.1, 0.15) is 5.82 Å². The number of halogens is 1. The molecule has 6 heteroatoms. The molecule has 1 atom stereocenters. The molecule has 0 saturated heterocycles. The first-order valence-corrected chi connectivity index (χ1v) is 6.93. The lowest BCUT2D eigenvalue weighted by molar-refractivity contribution is 0.0604. The minimum absolute atomic E-state index is 0.0308. The van der Waals surface area contributed by atoms with Gasteiger partial charge in [0.25, 0.3) is 5.91 Å². The molecule has 1 unspecified atom stereocenters. The summed E-state index contributed by atoms with van der Waals surface area (Å²) in [6, 6.07) is 4.26. The van der Waals surface area contributed by atoms with Crippen molar-refractivity contribution >= 4 is 5.91 Å². The average molecular weight is 298 g/mol. The van der Waals surface area contributed by atoms with Gasteiger partial charge in [-0.2, -0.15) is 0 Å². The van der Waals surface area contributed by atoms with Crippen LogP contribution in [-0.2, 0) is 16.1 Å². The molecule has 0 aliphatic carbocycles. The molecule has 0 bridgehead atoms. The summed E-state index contributed by atoms with van der Waals surface area (Å²) in [5.74, 6) is -0.631. The second-order valence-corrected chi connectivity index (χ2v) is 4.87. The number of nitrogens with two attached hydrogens (primary N) is 1. The summed E-state index contributed by atoms with van der Waals surface area (Å²) < 4.78 is 23.8. The molecule has 1 rings (SSSR count). The third kappa shape index (κ3) is 6.66. The largest absolute Gasteiger partial charge is 0.382 e. The van der Waals surface area contributed by atoms with E-state index in [9.17, 15) is 9.18 Å². The quantitative estimate of drug-likeness (QED) is 0.677. The van der Waals surface area contributed by atoms with Crippen LogP contribution in [0.4, 0.5) is 4.39 Å². The molecule has 0 saturated carbocycles. The third-order valence-corrected chi connectivity index (χ3v) is 2.88. The number of benzene rings is 1. The molecule has 5 nitrogen and oxygen atoms in total. The third-order valence-electron chi connectivity index (χ3n) is 2.88. The molecule has 0 radical (unpaired) electrons. The van der Waals surface area contributed by atoms with Gasteiger partial charge < -0.3 is 20.5 Å². The van der Waals surface area contributed by atoms with Crippen molar-refractivity contribution in [1.82, 2.24) is 5.32 Å². The van der Waals surface area contributed by atoms with Gasteiger partial charge in [-0.05, 0) is 31.5 Å². The maximum Gasteiger partial charge on any atom is 0.251 e. The zero-order valence-corrected chi connectivity index (χ0v) is 12.5. The van der Waals surface area contributed by atoms with Crippen molar-refractivity contribution in [2.75, 3.05) is 26.9 Å². The van der Waals surface area contributed by atoms with Gasteiger partial charge in [0, 0.05) is 30.8 Å². The number of amides is 1. The van der Waals surface area contributed by atoms with Crippen LogP contribution in [0, 0.1) is 5.82 Å². The van der Waals surface area contributed by atoms with Gasteiger partial charge in [0.2, 0.25) is 0 Å². The van der Waals surface area contributed by atoms with E-state index in [0.29, 0.717) is 37.3 Å². The zero-order chi connectivity index (χ0) is 15.7. The zero-order valence-electron chi connectivity index (χ0n) is 12.5. The Balaban J connectivity index is 2.56. The van der Waals surface area contributed by atoms with E-state index in [2.05, 4.69) is 5.32 Å². The van der Waals surface area contributed by atoms with Crippen molar-refractivity contribution in [3.05, 3.63) is 35.1 Å². The second-order valence-electron chi connectivity index (χ2n) is 4.87. The van der Waals surface area contributed by atoms with E-state index in [0.717, 1.165) is 0 Å². The van der Waals surface area contributed by atoms with Crippen LogP contribution in [0.5, 0.6) is 0 Å². The lowest BCUT2D eigenvalue weighted by Crippen LogP contribution is -2.29. The molecule has 0 aromatic heterocycles. The molecule has 3 N–H and O–H groups in total. The Morgan fingerprint density at radius 2 is 2.19 bits per heavy atom. The van der Waals surface area contributed by atoms with Crippen molar-refractivity contribution < 1.29 is 18.7 Å². The van der Waals surface area contributed by atoms with Crippen molar-refractivity contribution in [2.24, 2.45) is 5.73 Å². The first kappa shape index (κ1) is 17.6. The fourth-order valence-corrected chi connectivity index (χ4v) is 1.67. The summed E-state index contributed by atoms with van der Waals surface area (Å²) in [5.41, 5.74) is 6.37. The highest BCUT2D eigenvalue weighted by Crippen LogP contribution is 2.12. The Labute approximate surface area is 124 Å². The molecule has 1 aromatic carbocycles. The Kier molecular flexibility index (Phi) is 7.89. The number of ether oxygens (including phenoxy) is 2. The topological polar surface area (TPSA) is 73.6 Å². The van der Waals surface area contributed by atoms with Gasteiger partial charge in [-0.3, -0.25) is 4.79 Å². The number of rotatable bonds is 9. The predicted octanol–water partition coefficient (Wildman–Crippen LogP) is 1.46. The van der Waals surface area contributed by atoms with E-state index in [1.165, 1.54) is 18.2 Å². The van der Waals surface area contributed by atoms with Crippen molar-refractivity contribution in [1.29, 1.82) is 0 Å². The summed E-state index contributed by atoms with van der Waals surface area (Å²) in [5, 5.41) is 2.75. The monoisotopic (exact) mass is 298 g/mol. The Hall–Kier alpha value is -1.50. The fraction of sp³-hybridized carbons (Fsp3) is 0.533. The molecule has 0 aliphatic heterocycles. The van der Waals surface area contributed by atoms with E-state index in [4.69, 9.17) is 15.2 Å². The van der Waals surface area contributed by atoms with Crippen LogP contribution in [0.15, 0.2) is 18.2 Å². The van der Waals surface area contributed by atoms with Crippen LogP contribution in [0.2, 0.25) is 0 Å². The Morgan fingerprint density at radius 3 is 2.86 bits per heavy atom. The number of methoxy groups -OCH3 is 1. The van der Waals surface area contributed by atoms with Crippen LogP contribution in [0.25, 0.3) is 0 Å². The highest BCUT2D eigenvalue weighted by molar-refractivity contribution is 5.94. The minimum atomic E-state index is -0.389. The summed E-state index contributed by atoms with van der Waals surface area (Å²) in [6.45, 7) is 3.29. The molecule has 0 fully saturated rings. The van der Waals surface area contributed by atoms with Gasteiger partial charge in [-0.1, -0.05) is 0 Å². The van der Waals surface area contributed by atoms with Crippen LogP contribution in [-0.4, -0.2) is 38.8 Å². The molecule has 0 spiro atoms. The Morgan fingerprint density at radius 1 is 1.43 bits per heavy atom. The van der Waals surface area contributed by atoms with E-state index in [1.54, 1.807) is 7.11 Å². The van der Waals surface area contributed by atoms with Gasteiger partial charge in [-0.25, -0.2) is 4.39 Å². The number of hydrogen-bond acceptors (Lipinski definition) is 4. The molecule has 0 heterocycles. The fourth-order valence-electron chi connectivity index (χ4n) is 1.67. The van der Waals surface area contributed by atoms with E-state index in [1.807, 2.05) is 6.92 Å². The summed E-state index contributed by atoms with van der Waals surface area (Å²) in [6.07, 6.45) is 0.694. The number of nitrogens with one attached hydrogen (secondary N) is 1. The van der Waals surface area contributed by atoms with Crippen LogP contribution >= 0.6 is 0 Å². The maximum atomic E-state index is 13.6. The number of carbonyl (C=O) groups excluding carboxylic acids is 1. The highest BCUT2D eigenvalue weighted by Gasteiger charge is 2.10. The average Bonchev–Trinajstić information content (AvgIpc) is 2.44. The van der Waals surface area contributed by atoms with Gasteiger partial charge in [0.15, 0.2) is 0 Å². The first-order valence-electron chi connectivity index (χ1n) is 6.93. The van der Waals surface area contributed by atoms with E-state index >= 15 is 0 Å². The van der Waals surface area contributed by atoms with Crippen molar-refractivity contribution in [3.8, 4) is 0 Å². The van der Waals surface area contributed by atoms with Crippen LogP contribution < -0.4 is 11.1 Å². The highest BCUT2D eigenvalue weighted by atomic mass is 19.1. The molecular formula is C15H23FN2O3. The van der Waals surface area contributed by atoms with Crippen molar-refractivity contribution in [2.45, 2.75) is 26.0 Å². The number of carbonyl (C=O) groups is 1. The molecule has 0 aliphatic rings. The molecular weight excluding hydrogens is 275 g/mol. The van der Waals surface area contributed by atoms with Crippen LogP contribution in [0.1, 0.15) is 29.3 Å². The lowest BCUT2D eigenvalue weighted by atomic mass is 10.1. The van der Waals surface area contributed by atoms with E-state index in [-0.39, 0.29) is 24.4 Å².